The number of hydrogen-bond donors (Lipinski definition) is 1. The summed E-state index contributed by atoms with van der Waals surface area (Å²) < 4.78 is 28.3. The number of anilines is 2. The minimum absolute atomic E-state index is 0.120. The van der Waals surface area contributed by atoms with Crippen molar-refractivity contribution in [2.45, 2.75) is 49.7 Å². The van der Waals surface area contributed by atoms with E-state index in [-0.39, 0.29) is 11.8 Å². The molecule has 0 unspecified atom stereocenters. The molecule has 2 aromatic rings. The number of sulfonamides is 1. The Balaban J connectivity index is 1.57. The van der Waals surface area contributed by atoms with Crippen molar-refractivity contribution in [3.63, 3.8) is 0 Å². The Labute approximate surface area is 164 Å². The summed E-state index contributed by atoms with van der Waals surface area (Å²) in [7, 11) is -3.61. The third kappa shape index (κ3) is 3.62. The van der Waals surface area contributed by atoms with Gasteiger partial charge in [0, 0.05) is 23.0 Å². The molecule has 0 saturated heterocycles. The molecule has 0 spiro atoms. The van der Waals surface area contributed by atoms with E-state index >= 15 is 0 Å². The molecule has 1 aromatic carbocycles. The molecule has 5 nitrogen and oxygen atoms in total. The normalized spacial score (nSPS) is 17.3. The summed E-state index contributed by atoms with van der Waals surface area (Å²) in [6, 6.07) is 9.02. The van der Waals surface area contributed by atoms with Gasteiger partial charge < -0.3 is 4.90 Å². The number of aryl methyl sites for hydroxylation is 1. The Morgan fingerprint density at radius 2 is 2.00 bits per heavy atom. The fraction of sp³-hybridized carbons (Fsp3) is 0.450. The van der Waals surface area contributed by atoms with Crippen molar-refractivity contribution in [3.05, 3.63) is 40.8 Å². The fourth-order valence-electron chi connectivity index (χ4n) is 3.96. The molecule has 0 bridgehead atoms. The number of amides is 1. The predicted molar refractivity (Wildman–Crippen MR) is 109 cm³/mol. The van der Waals surface area contributed by atoms with Gasteiger partial charge in [-0.3, -0.25) is 9.52 Å². The van der Waals surface area contributed by atoms with Crippen molar-refractivity contribution in [1.82, 2.24) is 0 Å². The molecule has 27 heavy (non-hydrogen) atoms. The zero-order valence-corrected chi connectivity index (χ0v) is 17.0. The summed E-state index contributed by atoms with van der Waals surface area (Å²) >= 11 is 1.29. The second-order valence-electron chi connectivity index (χ2n) is 7.24. The minimum Gasteiger partial charge on any atom is -0.312 e. The molecule has 4 rings (SSSR count). The number of thiophene rings is 1. The van der Waals surface area contributed by atoms with Gasteiger partial charge in [-0.1, -0.05) is 25.8 Å². The molecular formula is C20H24N2O3S2. The van der Waals surface area contributed by atoms with Gasteiger partial charge in [0.1, 0.15) is 4.21 Å². The van der Waals surface area contributed by atoms with Crippen molar-refractivity contribution in [2.75, 3.05) is 16.2 Å². The van der Waals surface area contributed by atoms with Crippen molar-refractivity contribution in [1.29, 1.82) is 0 Å². The van der Waals surface area contributed by atoms with E-state index in [1.165, 1.54) is 11.3 Å². The van der Waals surface area contributed by atoms with Crippen LogP contribution in [0.3, 0.4) is 0 Å². The van der Waals surface area contributed by atoms with Gasteiger partial charge in [-0.25, -0.2) is 8.42 Å². The Hall–Kier alpha value is -1.86. The lowest BCUT2D eigenvalue weighted by atomic mass is 10.1. The van der Waals surface area contributed by atoms with E-state index in [4.69, 9.17) is 0 Å². The van der Waals surface area contributed by atoms with Crippen LogP contribution in [0.2, 0.25) is 0 Å². The molecule has 1 N–H and O–H groups in total. The van der Waals surface area contributed by atoms with Gasteiger partial charge >= 0.3 is 0 Å². The van der Waals surface area contributed by atoms with Crippen molar-refractivity contribution >= 4 is 38.6 Å². The van der Waals surface area contributed by atoms with E-state index in [1.807, 2.05) is 24.0 Å². The van der Waals surface area contributed by atoms with Crippen LogP contribution in [0.5, 0.6) is 0 Å². The molecule has 1 aliphatic carbocycles. The highest BCUT2D eigenvalue weighted by molar-refractivity contribution is 7.94. The molecule has 0 radical (unpaired) electrons. The third-order valence-electron chi connectivity index (χ3n) is 5.45. The molecular weight excluding hydrogens is 380 g/mol. The predicted octanol–water partition coefficient (Wildman–Crippen LogP) is 4.19. The SMILES string of the molecule is CCc1ccc(S(=O)(=O)Nc2ccc3c(c2)N(C(=O)C2CCCC2)CC3)s1. The third-order valence-corrected chi connectivity index (χ3v) is 8.56. The summed E-state index contributed by atoms with van der Waals surface area (Å²) in [5.41, 5.74) is 2.47. The van der Waals surface area contributed by atoms with Crippen LogP contribution >= 0.6 is 11.3 Å². The van der Waals surface area contributed by atoms with Crippen molar-refractivity contribution < 1.29 is 13.2 Å². The van der Waals surface area contributed by atoms with Gasteiger partial charge in [-0.15, -0.1) is 11.3 Å². The van der Waals surface area contributed by atoms with E-state index < -0.39 is 10.0 Å². The monoisotopic (exact) mass is 404 g/mol. The first-order chi connectivity index (χ1) is 13.0. The van der Waals surface area contributed by atoms with Crippen LogP contribution in [-0.4, -0.2) is 20.9 Å². The first-order valence-corrected chi connectivity index (χ1v) is 11.8. The molecule has 1 saturated carbocycles. The molecule has 0 atom stereocenters. The van der Waals surface area contributed by atoms with E-state index in [9.17, 15) is 13.2 Å². The smallest absolute Gasteiger partial charge is 0.271 e. The second kappa shape index (κ2) is 7.28. The Morgan fingerprint density at radius 3 is 2.70 bits per heavy atom. The average Bonchev–Trinajstić information content (AvgIpc) is 3.39. The summed E-state index contributed by atoms with van der Waals surface area (Å²) in [5.74, 6) is 0.312. The van der Waals surface area contributed by atoms with Crippen molar-refractivity contribution in [2.24, 2.45) is 5.92 Å². The van der Waals surface area contributed by atoms with E-state index in [0.29, 0.717) is 16.4 Å². The lowest BCUT2D eigenvalue weighted by Gasteiger charge is -2.21. The van der Waals surface area contributed by atoms with Crippen LogP contribution in [0.1, 0.15) is 43.0 Å². The molecule has 1 aliphatic heterocycles. The number of nitrogens with zero attached hydrogens (tertiary/aromatic N) is 1. The summed E-state index contributed by atoms with van der Waals surface area (Å²) in [6.45, 7) is 2.69. The topological polar surface area (TPSA) is 66.5 Å². The minimum atomic E-state index is -3.61. The molecule has 2 aliphatic rings. The van der Waals surface area contributed by atoms with Gasteiger partial charge in [0.2, 0.25) is 5.91 Å². The number of benzene rings is 1. The Kier molecular flexibility index (Phi) is 4.99. The quantitative estimate of drug-likeness (QED) is 0.812. The Morgan fingerprint density at radius 1 is 1.22 bits per heavy atom. The molecule has 2 heterocycles. The van der Waals surface area contributed by atoms with Crippen LogP contribution < -0.4 is 9.62 Å². The number of carbonyl (C=O) groups excluding carboxylic acids is 1. The average molecular weight is 405 g/mol. The van der Waals surface area contributed by atoms with Gasteiger partial charge in [0.05, 0.1) is 5.69 Å². The number of hydrogen-bond acceptors (Lipinski definition) is 4. The number of rotatable bonds is 5. The Bertz CT molecular complexity index is 959. The zero-order valence-electron chi connectivity index (χ0n) is 15.4. The van der Waals surface area contributed by atoms with Crippen LogP contribution in [0.15, 0.2) is 34.5 Å². The molecule has 1 fully saturated rings. The van der Waals surface area contributed by atoms with Crippen LogP contribution in [0.25, 0.3) is 0 Å². The molecule has 7 heteroatoms. The maximum Gasteiger partial charge on any atom is 0.271 e. The maximum absolute atomic E-state index is 12.9. The number of fused-ring (bicyclic) bond motifs is 1. The largest absolute Gasteiger partial charge is 0.312 e. The fourth-order valence-corrected chi connectivity index (χ4v) is 6.31. The number of nitrogens with one attached hydrogen (secondary N) is 1. The lowest BCUT2D eigenvalue weighted by molar-refractivity contribution is -0.122. The lowest BCUT2D eigenvalue weighted by Crippen LogP contribution is -2.33. The van der Waals surface area contributed by atoms with E-state index in [1.54, 1.807) is 18.2 Å². The molecule has 1 amide bonds. The van der Waals surface area contributed by atoms with Gasteiger partial charge in [-0.2, -0.15) is 0 Å². The van der Waals surface area contributed by atoms with Gasteiger partial charge in [0.25, 0.3) is 10.0 Å². The van der Waals surface area contributed by atoms with Crippen LogP contribution in [0, 0.1) is 5.92 Å². The first kappa shape index (κ1) is 18.5. The van der Waals surface area contributed by atoms with Gasteiger partial charge in [0.15, 0.2) is 0 Å². The van der Waals surface area contributed by atoms with Crippen molar-refractivity contribution in [3.8, 4) is 0 Å². The first-order valence-electron chi connectivity index (χ1n) is 9.54. The summed E-state index contributed by atoms with van der Waals surface area (Å²) in [6.07, 6.45) is 5.82. The van der Waals surface area contributed by atoms with E-state index in [0.717, 1.165) is 54.7 Å². The highest BCUT2D eigenvalue weighted by Gasteiger charge is 2.32. The highest BCUT2D eigenvalue weighted by Crippen LogP contribution is 2.36. The van der Waals surface area contributed by atoms with Gasteiger partial charge in [-0.05, 0) is 55.5 Å². The number of carbonyl (C=O) groups is 1. The highest BCUT2D eigenvalue weighted by atomic mass is 32.2. The molecule has 144 valence electrons. The summed E-state index contributed by atoms with van der Waals surface area (Å²) in [4.78, 5) is 15.7. The van der Waals surface area contributed by atoms with E-state index in [2.05, 4.69) is 4.72 Å². The van der Waals surface area contributed by atoms with Crippen LogP contribution in [-0.2, 0) is 27.7 Å². The zero-order chi connectivity index (χ0) is 19.0. The maximum atomic E-state index is 12.9. The molecule has 1 aromatic heterocycles. The second-order valence-corrected chi connectivity index (χ2v) is 10.3. The standard InChI is InChI=1S/C20H24N2O3S2/c1-2-17-9-10-19(26-17)27(24,25)21-16-8-7-14-11-12-22(18(14)13-16)20(23)15-5-3-4-6-15/h7-10,13,15,21H,2-6,11-12H2,1H3. The van der Waals surface area contributed by atoms with Crippen LogP contribution in [0.4, 0.5) is 11.4 Å². The summed E-state index contributed by atoms with van der Waals surface area (Å²) in [5, 5.41) is 0.